The normalized spacial score (nSPS) is 12.4. The molecule has 1 amide bonds. The SMILES string of the molecule is CCOc1cccc(C(C)NC(=O)CS(=O)(=O)c2ccc(Cl)cc2)c1. The van der Waals surface area contributed by atoms with Gasteiger partial charge >= 0.3 is 0 Å². The zero-order valence-corrected chi connectivity index (χ0v) is 15.6. The molecule has 0 bridgehead atoms. The summed E-state index contributed by atoms with van der Waals surface area (Å²) in [6.07, 6.45) is 0. The van der Waals surface area contributed by atoms with Crippen molar-refractivity contribution in [3.05, 3.63) is 59.1 Å². The average Bonchev–Trinajstić information content (AvgIpc) is 2.55. The van der Waals surface area contributed by atoms with Gasteiger partial charge in [-0.1, -0.05) is 23.7 Å². The van der Waals surface area contributed by atoms with Crippen LogP contribution in [0.15, 0.2) is 53.4 Å². The van der Waals surface area contributed by atoms with Gasteiger partial charge in [-0.2, -0.15) is 0 Å². The van der Waals surface area contributed by atoms with Crippen LogP contribution in [0.5, 0.6) is 5.75 Å². The van der Waals surface area contributed by atoms with Crippen LogP contribution in [-0.4, -0.2) is 26.7 Å². The van der Waals surface area contributed by atoms with Crippen molar-refractivity contribution in [2.24, 2.45) is 0 Å². The predicted octanol–water partition coefficient (Wildman–Crippen LogP) is 3.39. The molecule has 134 valence electrons. The largest absolute Gasteiger partial charge is 0.494 e. The summed E-state index contributed by atoms with van der Waals surface area (Å²) in [5, 5.41) is 3.14. The molecule has 1 N–H and O–H groups in total. The minimum Gasteiger partial charge on any atom is -0.494 e. The maximum atomic E-state index is 12.3. The molecular formula is C18H20ClNO4S. The van der Waals surface area contributed by atoms with Crippen LogP contribution in [0.4, 0.5) is 0 Å². The maximum Gasteiger partial charge on any atom is 0.236 e. The van der Waals surface area contributed by atoms with Crippen LogP contribution in [0.25, 0.3) is 0 Å². The van der Waals surface area contributed by atoms with Crippen LogP contribution in [0, 0.1) is 0 Å². The number of carbonyl (C=O) groups excluding carboxylic acids is 1. The first kappa shape index (κ1) is 19.3. The van der Waals surface area contributed by atoms with Crippen molar-refractivity contribution in [1.82, 2.24) is 5.32 Å². The number of hydrogen-bond acceptors (Lipinski definition) is 4. The molecule has 0 heterocycles. The Morgan fingerprint density at radius 2 is 1.88 bits per heavy atom. The predicted molar refractivity (Wildman–Crippen MR) is 97.7 cm³/mol. The standard InChI is InChI=1S/C18H20ClNO4S/c1-3-24-16-6-4-5-14(11-16)13(2)20-18(21)12-25(22,23)17-9-7-15(19)8-10-17/h4-11,13H,3,12H2,1-2H3,(H,20,21). The lowest BCUT2D eigenvalue weighted by Gasteiger charge is -2.15. The lowest BCUT2D eigenvalue weighted by atomic mass is 10.1. The van der Waals surface area contributed by atoms with Gasteiger partial charge in [0.15, 0.2) is 9.84 Å². The second-order valence-corrected chi connectivity index (χ2v) is 7.93. The smallest absolute Gasteiger partial charge is 0.236 e. The van der Waals surface area contributed by atoms with E-state index in [2.05, 4.69) is 5.32 Å². The molecule has 0 aliphatic carbocycles. The van der Waals surface area contributed by atoms with Gasteiger partial charge in [0, 0.05) is 5.02 Å². The van der Waals surface area contributed by atoms with Crippen molar-refractivity contribution in [3.63, 3.8) is 0 Å². The molecule has 0 aliphatic rings. The van der Waals surface area contributed by atoms with E-state index in [0.717, 1.165) is 5.56 Å². The highest BCUT2D eigenvalue weighted by atomic mass is 35.5. The molecule has 0 aliphatic heterocycles. The molecule has 2 aromatic rings. The first-order valence-electron chi connectivity index (χ1n) is 7.82. The number of rotatable bonds is 7. The molecule has 0 radical (unpaired) electrons. The molecule has 0 saturated carbocycles. The third-order valence-corrected chi connectivity index (χ3v) is 5.43. The van der Waals surface area contributed by atoms with Crippen molar-refractivity contribution >= 4 is 27.3 Å². The number of amides is 1. The van der Waals surface area contributed by atoms with E-state index >= 15 is 0 Å². The van der Waals surface area contributed by atoms with Crippen molar-refractivity contribution in [1.29, 1.82) is 0 Å². The number of benzene rings is 2. The third-order valence-electron chi connectivity index (χ3n) is 3.54. The van der Waals surface area contributed by atoms with E-state index in [1.54, 1.807) is 6.92 Å². The van der Waals surface area contributed by atoms with Crippen molar-refractivity contribution in [2.45, 2.75) is 24.8 Å². The molecule has 7 heteroatoms. The first-order valence-corrected chi connectivity index (χ1v) is 9.85. The molecule has 0 saturated heterocycles. The van der Waals surface area contributed by atoms with E-state index in [-0.39, 0.29) is 10.9 Å². The summed E-state index contributed by atoms with van der Waals surface area (Å²) in [7, 11) is -3.72. The van der Waals surface area contributed by atoms with Crippen LogP contribution in [-0.2, 0) is 14.6 Å². The van der Waals surface area contributed by atoms with Gasteiger partial charge in [-0.3, -0.25) is 4.79 Å². The Kier molecular flexibility index (Phi) is 6.45. The van der Waals surface area contributed by atoms with E-state index in [4.69, 9.17) is 16.3 Å². The van der Waals surface area contributed by atoms with Crippen LogP contribution in [0.2, 0.25) is 5.02 Å². The Balaban J connectivity index is 2.03. The summed E-state index contributed by atoms with van der Waals surface area (Å²) in [5.74, 6) is -0.483. The van der Waals surface area contributed by atoms with E-state index < -0.39 is 21.5 Å². The first-order chi connectivity index (χ1) is 11.8. The highest BCUT2D eigenvalue weighted by Gasteiger charge is 2.21. The molecule has 25 heavy (non-hydrogen) atoms. The summed E-state index contributed by atoms with van der Waals surface area (Å²) in [6, 6.07) is 12.7. The number of ether oxygens (including phenoxy) is 1. The highest BCUT2D eigenvalue weighted by Crippen LogP contribution is 2.20. The molecule has 2 rings (SSSR count). The van der Waals surface area contributed by atoms with Gasteiger partial charge in [0.2, 0.25) is 5.91 Å². The van der Waals surface area contributed by atoms with Crippen LogP contribution < -0.4 is 10.1 Å². The highest BCUT2D eigenvalue weighted by molar-refractivity contribution is 7.92. The number of halogens is 1. The van der Waals surface area contributed by atoms with Gasteiger partial charge in [0.05, 0.1) is 17.5 Å². The number of carbonyl (C=O) groups is 1. The molecular weight excluding hydrogens is 362 g/mol. The lowest BCUT2D eigenvalue weighted by Crippen LogP contribution is -2.32. The summed E-state index contributed by atoms with van der Waals surface area (Å²) < 4.78 is 30.0. The van der Waals surface area contributed by atoms with Gasteiger partial charge in [-0.15, -0.1) is 0 Å². The number of nitrogens with one attached hydrogen (secondary N) is 1. The Hall–Kier alpha value is -2.05. The van der Waals surface area contributed by atoms with Crippen LogP contribution in [0.1, 0.15) is 25.5 Å². The maximum absolute atomic E-state index is 12.3. The van der Waals surface area contributed by atoms with Gasteiger partial charge in [-0.05, 0) is 55.8 Å². The molecule has 1 atom stereocenters. The van der Waals surface area contributed by atoms with Crippen LogP contribution >= 0.6 is 11.6 Å². The minimum absolute atomic E-state index is 0.0676. The second kappa shape index (κ2) is 8.36. The molecule has 0 aromatic heterocycles. The summed E-state index contributed by atoms with van der Waals surface area (Å²) in [6.45, 7) is 4.22. The fourth-order valence-corrected chi connectivity index (χ4v) is 3.58. The quantitative estimate of drug-likeness (QED) is 0.797. The zero-order valence-electron chi connectivity index (χ0n) is 14.0. The van der Waals surface area contributed by atoms with E-state index in [1.165, 1.54) is 24.3 Å². The number of sulfone groups is 1. The van der Waals surface area contributed by atoms with Gasteiger partial charge in [0.25, 0.3) is 0 Å². The van der Waals surface area contributed by atoms with Crippen molar-refractivity contribution < 1.29 is 17.9 Å². The summed E-state index contributed by atoms with van der Waals surface area (Å²) >= 11 is 5.75. The zero-order chi connectivity index (χ0) is 18.4. The van der Waals surface area contributed by atoms with Crippen molar-refractivity contribution in [2.75, 3.05) is 12.4 Å². The topological polar surface area (TPSA) is 72.5 Å². The monoisotopic (exact) mass is 381 g/mol. The van der Waals surface area contributed by atoms with Gasteiger partial charge < -0.3 is 10.1 Å². The molecule has 1 unspecified atom stereocenters. The summed E-state index contributed by atoms with van der Waals surface area (Å²) in [4.78, 5) is 12.2. The van der Waals surface area contributed by atoms with Gasteiger partial charge in [-0.25, -0.2) is 8.42 Å². The lowest BCUT2D eigenvalue weighted by molar-refractivity contribution is -0.119. The van der Waals surface area contributed by atoms with E-state index in [0.29, 0.717) is 17.4 Å². The van der Waals surface area contributed by atoms with Crippen molar-refractivity contribution in [3.8, 4) is 5.75 Å². The van der Waals surface area contributed by atoms with Gasteiger partial charge in [0.1, 0.15) is 11.5 Å². The van der Waals surface area contributed by atoms with Crippen LogP contribution in [0.3, 0.4) is 0 Å². The molecule has 0 fully saturated rings. The Morgan fingerprint density at radius 1 is 1.20 bits per heavy atom. The minimum atomic E-state index is -3.72. The number of hydrogen-bond donors (Lipinski definition) is 1. The third kappa shape index (κ3) is 5.47. The summed E-state index contributed by atoms with van der Waals surface area (Å²) in [5.41, 5.74) is 0.836. The Morgan fingerprint density at radius 3 is 2.52 bits per heavy atom. The molecule has 2 aromatic carbocycles. The molecule has 0 spiro atoms. The Bertz CT molecular complexity index is 834. The second-order valence-electron chi connectivity index (χ2n) is 5.51. The average molecular weight is 382 g/mol. The fourth-order valence-electron chi connectivity index (χ4n) is 2.30. The molecule has 5 nitrogen and oxygen atoms in total. The van der Waals surface area contributed by atoms with E-state index in [9.17, 15) is 13.2 Å². The fraction of sp³-hybridized carbons (Fsp3) is 0.278. The van der Waals surface area contributed by atoms with E-state index in [1.807, 2.05) is 31.2 Å². The Labute approximate surface area is 152 Å².